The fourth-order valence-electron chi connectivity index (χ4n) is 5.36. The SMILES string of the molecule is [C-]#[N+]/C(C#N)=C\c1cc2c(s1)-c1ccc(N(c3ccc(C)cc3)c3ccc4ccccc4c3)cc1C2(C)C. The standard InChI is InChI=1S/C34H25N3S/c1-22-9-12-26(13-10-22)37(27-14-11-23-7-5-6-8-24(23)17-27)28-15-16-30-31(19-28)34(2,3)32-20-29(38-33(30)32)18-25(21-35)36-4/h5-20H,1-3H3/b25-18-. The lowest BCUT2D eigenvalue weighted by molar-refractivity contribution is 0.662. The molecule has 0 atom stereocenters. The van der Waals surface area contributed by atoms with Crippen LogP contribution in [-0.4, -0.2) is 0 Å². The van der Waals surface area contributed by atoms with Crippen molar-refractivity contribution in [1.82, 2.24) is 0 Å². The van der Waals surface area contributed by atoms with Crippen LogP contribution >= 0.6 is 11.3 Å². The maximum Gasteiger partial charge on any atom is 0.263 e. The highest BCUT2D eigenvalue weighted by atomic mass is 32.1. The number of anilines is 3. The number of aryl methyl sites for hydroxylation is 1. The van der Waals surface area contributed by atoms with Gasteiger partial charge >= 0.3 is 0 Å². The summed E-state index contributed by atoms with van der Waals surface area (Å²) in [6.07, 6.45) is 1.69. The smallest absolute Gasteiger partial charge is 0.263 e. The van der Waals surface area contributed by atoms with Gasteiger partial charge in [-0.25, -0.2) is 10.1 Å². The third-order valence-electron chi connectivity index (χ3n) is 7.40. The topological polar surface area (TPSA) is 31.4 Å². The van der Waals surface area contributed by atoms with Gasteiger partial charge in [0.15, 0.2) is 0 Å². The molecule has 182 valence electrons. The summed E-state index contributed by atoms with van der Waals surface area (Å²) in [6, 6.07) is 34.7. The summed E-state index contributed by atoms with van der Waals surface area (Å²) in [5, 5.41) is 11.6. The van der Waals surface area contributed by atoms with Gasteiger partial charge in [0.05, 0.1) is 12.6 Å². The van der Waals surface area contributed by atoms with E-state index >= 15 is 0 Å². The average Bonchev–Trinajstić information content (AvgIpc) is 3.45. The van der Waals surface area contributed by atoms with Crippen LogP contribution in [0.3, 0.4) is 0 Å². The molecule has 6 rings (SSSR count). The van der Waals surface area contributed by atoms with E-state index in [1.165, 1.54) is 37.9 Å². The molecule has 1 aliphatic carbocycles. The Balaban J connectivity index is 1.49. The second kappa shape index (κ2) is 9.03. The quantitative estimate of drug-likeness (QED) is 0.179. The minimum Gasteiger partial charge on any atom is -0.310 e. The van der Waals surface area contributed by atoms with Crippen LogP contribution in [0.15, 0.2) is 96.7 Å². The molecule has 1 aromatic heterocycles. The van der Waals surface area contributed by atoms with Crippen LogP contribution in [0.4, 0.5) is 17.1 Å². The summed E-state index contributed by atoms with van der Waals surface area (Å²) in [5.74, 6) is 0. The first kappa shape index (κ1) is 23.7. The molecule has 0 amide bonds. The van der Waals surface area contributed by atoms with Gasteiger partial charge in [0.25, 0.3) is 5.70 Å². The molecule has 3 nitrogen and oxygen atoms in total. The summed E-state index contributed by atoms with van der Waals surface area (Å²) in [4.78, 5) is 7.83. The number of benzene rings is 4. The highest BCUT2D eigenvalue weighted by molar-refractivity contribution is 7.16. The minimum atomic E-state index is -0.198. The summed E-state index contributed by atoms with van der Waals surface area (Å²) >= 11 is 1.65. The molecule has 0 aliphatic heterocycles. The number of nitrogens with zero attached hydrogens (tertiary/aromatic N) is 3. The molecule has 0 bridgehead atoms. The Labute approximate surface area is 227 Å². The Morgan fingerprint density at radius 1 is 0.868 bits per heavy atom. The fraction of sp³-hybridized carbons (Fsp3) is 0.118. The average molecular weight is 508 g/mol. The Morgan fingerprint density at radius 3 is 2.29 bits per heavy atom. The van der Waals surface area contributed by atoms with Gasteiger partial charge in [0.1, 0.15) is 0 Å². The molecule has 1 heterocycles. The molecule has 4 heteroatoms. The van der Waals surface area contributed by atoms with Gasteiger partial charge in [-0.1, -0.05) is 67.9 Å². The lowest BCUT2D eigenvalue weighted by Crippen LogP contribution is -2.16. The molecule has 0 saturated heterocycles. The predicted molar refractivity (Wildman–Crippen MR) is 159 cm³/mol. The third-order valence-corrected chi connectivity index (χ3v) is 8.52. The molecule has 0 saturated carbocycles. The molecule has 0 spiro atoms. The van der Waals surface area contributed by atoms with Crippen LogP contribution in [0.1, 0.15) is 35.4 Å². The summed E-state index contributed by atoms with van der Waals surface area (Å²) < 4.78 is 0. The number of rotatable bonds is 4. The van der Waals surface area contributed by atoms with Gasteiger partial charge in [-0.05, 0) is 82.9 Å². The molecular weight excluding hydrogens is 482 g/mol. The van der Waals surface area contributed by atoms with E-state index in [1.807, 2.05) is 6.07 Å². The van der Waals surface area contributed by atoms with Crippen molar-refractivity contribution in [2.75, 3.05) is 4.90 Å². The van der Waals surface area contributed by atoms with Crippen molar-refractivity contribution >= 4 is 45.2 Å². The number of fused-ring (bicyclic) bond motifs is 4. The van der Waals surface area contributed by atoms with Crippen molar-refractivity contribution in [3.8, 4) is 16.5 Å². The van der Waals surface area contributed by atoms with Crippen LogP contribution in [0.2, 0.25) is 0 Å². The van der Waals surface area contributed by atoms with E-state index in [0.29, 0.717) is 0 Å². The Morgan fingerprint density at radius 2 is 1.55 bits per heavy atom. The van der Waals surface area contributed by atoms with Gasteiger partial charge < -0.3 is 4.90 Å². The summed E-state index contributed by atoms with van der Waals surface area (Å²) in [5.41, 5.74) is 8.26. The van der Waals surface area contributed by atoms with Gasteiger partial charge in [0, 0.05) is 32.2 Å². The highest BCUT2D eigenvalue weighted by Crippen LogP contribution is 2.54. The van der Waals surface area contributed by atoms with Crippen LogP contribution < -0.4 is 4.90 Å². The monoisotopic (exact) mass is 507 g/mol. The van der Waals surface area contributed by atoms with Crippen molar-refractivity contribution in [2.24, 2.45) is 0 Å². The summed E-state index contributed by atoms with van der Waals surface area (Å²) in [7, 11) is 0. The first-order chi connectivity index (χ1) is 18.4. The van der Waals surface area contributed by atoms with Crippen molar-refractivity contribution in [2.45, 2.75) is 26.2 Å². The molecule has 0 fully saturated rings. The number of hydrogen-bond acceptors (Lipinski definition) is 3. The molecule has 4 aromatic carbocycles. The van der Waals surface area contributed by atoms with Crippen LogP contribution in [0.5, 0.6) is 0 Å². The molecule has 0 N–H and O–H groups in total. The lowest BCUT2D eigenvalue weighted by atomic mass is 9.82. The molecule has 1 aliphatic rings. The maximum atomic E-state index is 9.21. The van der Waals surface area contributed by atoms with Gasteiger partial charge in [0.2, 0.25) is 0 Å². The zero-order valence-electron chi connectivity index (χ0n) is 21.5. The van der Waals surface area contributed by atoms with E-state index < -0.39 is 0 Å². The van der Waals surface area contributed by atoms with Crippen LogP contribution in [0.25, 0.3) is 32.1 Å². The number of nitriles is 1. The number of thiophene rings is 1. The summed E-state index contributed by atoms with van der Waals surface area (Å²) in [6.45, 7) is 13.8. The molecular formula is C34H25N3S. The Hall–Kier alpha value is -4.64. The minimum absolute atomic E-state index is 0.113. The third kappa shape index (κ3) is 3.88. The largest absolute Gasteiger partial charge is 0.310 e. The van der Waals surface area contributed by atoms with E-state index in [0.717, 1.165) is 21.9 Å². The molecule has 0 radical (unpaired) electrons. The van der Waals surface area contributed by atoms with Crippen molar-refractivity contribution in [3.63, 3.8) is 0 Å². The second-order valence-corrected chi connectivity index (χ2v) is 11.3. The maximum absolute atomic E-state index is 9.21. The van der Waals surface area contributed by atoms with Gasteiger partial charge in [-0.15, -0.1) is 11.3 Å². The molecule has 38 heavy (non-hydrogen) atoms. The number of allylic oxidation sites excluding steroid dienone is 1. The van der Waals surface area contributed by atoms with E-state index in [9.17, 15) is 5.26 Å². The lowest BCUT2D eigenvalue weighted by Gasteiger charge is -2.28. The first-order valence-corrected chi connectivity index (χ1v) is 13.3. The van der Waals surface area contributed by atoms with Crippen LogP contribution in [-0.2, 0) is 5.41 Å². The van der Waals surface area contributed by atoms with Crippen molar-refractivity contribution in [3.05, 3.63) is 130 Å². The zero-order valence-corrected chi connectivity index (χ0v) is 22.3. The Bertz CT molecular complexity index is 1810. The van der Waals surface area contributed by atoms with E-state index in [4.69, 9.17) is 6.57 Å². The first-order valence-electron chi connectivity index (χ1n) is 12.5. The second-order valence-electron chi connectivity index (χ2n) is 10.2. The predicted octanol–water partition coefficient (Wildman–Crippen LogP) is 9.77. The van der Waals surface area contributed by atoms with Crippen LogP contribution in [0, 0.1) is 24.8 Å². The van der Waals surface area contributed by atoms with Gasteiger partial charge in [-0.3, -0.25) is 0 Å². The van der Waals surface area contributed by atoms with E-state index in [1.54, 1.807) is 17.4 Å². The van der Waals surface area contributed by atoms with E-state index in [-0.39, 0.29) is 11.1 Å². The van der Waals surface area contributed by atoms with Crippen molar-refractivity contribution in [1.29, 1.82) is 5.26 Å². The van der Waals surface area contributed by atoms with Gasteiger partial charge in [-0.2, -0.15) is 0 Å². The Kier molecular flexibility index (Phi) is 5.64. The molecule has 0 unspecified atom stereocenters. The zero-order chi connectivity index (χ0) is 26.4. The highest BCUT2D eigenvalue weighted by Gasteiger charge is 2.37. The molecule has 5 aromatic rings. The normalized spacial score (nSPS) is 13.4. The number of hydrogen-bond donors (Lipinski definition) is 0. The fourth-order valence-corrected chi connectivity index (χ4v) is 6.65. The van der Waals surface area contributed by atoms with E-state index in [2.05, 4.69) is 122 Å². The van der Waals surface area contributed by atoms with Crippen molar-refractivity contribution < 1.29 is 0 Å².